The van der Waals surface area contributed by atoms with E-state index in [9.17, 15) is 4.79 Å². The molecule has 0 fully saturated rings. The van der Waals surface area contributed by atoms with Crippen LogP contribution < -0.4 is 0 Å². The van der Waals surface area contributed by atoms with E-state index >= 15 is 0 Å². The Morgan fingerprint density at radius 1 is 1.44 bits per heavy atom. The molecule has 0 bridgehead atoms. The summed E-state index contributed by atoms with van der Waals surface area (Å²) in [6.07, 6.45) is 0. The minimum atomic E-state index is 0.0951. The second-order valence-corrected chi connectivity index (χ2v) is 3.53. The summed E-state index contributed by atoms with van der Waals surface area (Å²) in [5, 5.41) is 9.42. The van der Waals surface area contributed by atoms with Crippen LogP contribution in [0.25, 0.3) is 0 Å². The fraction of sp³-hybridized carbons (Fsp3) is 0.364. The predicted octanol–water partition coefficient (Wildman–Crippen LogP) is 2.36. The highest BCUT2D eigenvalue weighted by Gasteiger charge is 1.97. The molecule has 0 aliphatic carbocycles. The zero-order valence-electron chi connectivity index (χ0n) is 9.67. The molecule has 0 aliphatic rings. The molecule has 0 aliphatic heterocycles. The molecule has 0 spiro atoms. The fourth-order valence-electron chi connectivity index (χ4n) is 1.12. The Balaban J connectivity index is 2.67. The van der Waals surface area contributed by atoms with E-state index in [4.69, 9.17) is 0 Å². The topological polar surface area (TPSA) is 54.3 Å². The lowest BCUT2D eigenvalue weighted by molar-refractivity contribution is -0.132. The van der Waals surface area contributed by atoms with Crippen molar-refractivity contribution in [3.05, 3.63) is 29.3 Å². The molecule has 0 radical (unpaired) electrons. The van der Waals surface area contributed by atoms with Crippen LogP contribution >= 0.6 is 0 Å². The van der Waals surface area contributed by atoms with E-state index in [1.54, 1.807) is 7.05 Å². The standard InChI is InChI=1S/C11H15N3O2/c1-9-4-5-10(2)11(6-9)12-13-14(3)7-16-8-15/h4-6,8H,7H2,1-3H3. The second kappa shape index (κ2) is 5.85. The van der Waals surface area contributed by atoms with Gasteiger partial charge in [0, 0.05) is 7.05 Å². The van der Waals surface area contributed by atoms with E-state index in [-0.39, 0.29) is 6.73 Å². The minimum Gasteiger partial charge on any atom is -0.445 e. The number of aryl methyl sites for hydroxylation is 2. The van der Waals surface area contributed by atoms with Gasteiger partial charge in [-0.15, -0.1) is 5.11 Å². The molecule has 86 valence electrons. The molecule has 0 saturated heterocycles. The minimum absolute atomic E-state index is 0.0951. The van der Waals surface area contributed by atoms with Crippen LogP contribution in [-0.2, 0) is 9.53 Å². The van der Waals surface area contributed by atoms with Crippen molar-refractivity contribution in [1.82, 2.24) is 5.01 Å². The highest BCUT2D eigenvalue weighted by molar-refractivity contribution is 5.46. The van der Waals surface area contributed by atoms with Gasteiger partial charge in [0.2, 0.25) is 0 Å². The summed E-state index contributed by atoms with van der Waals surface area (Å²) in [5.41, 5.74) is 3.00. The van der Waals surface area contributed by atoms with Gasteiger partial charge in [0.05, 0.1) is 5.69 Å². The first-order chi connectivity index (χ1) is 7.63. The first kappa shape index (κ1) is 12.2. The number of carbonyl (C=O) groups is 1. The predicted molar refractivity (Wildman–Crippen MR) is 60.2 cm³/mol. The fourth-order valence-corrected chi connectivity index (χ4v) is 1.12. The molecule has 16 heavy (non-hydrogen) atoms. The van der Waals surface area contributed by atoms with Gasteiger partial charge in [0.25, 0.3) is 6.47 Å². The lowest BCUT2D eigenvalue weighted by Gasteiger charge is -2.08. The van der Waals surface area contributed by atoms with Gasteiger partial charge in [-0.3, -0.25) is 4.79 Å². The van der Waals surface area contributed by atoms with E-state index in [1.807, 2.05) is 32.0 Å². The summed E-state index contributed by atoms with van der Waals surface area (Å²) in [4.78, 5) is 9.96. The van der Waals surface area contributed by atoms with Crippen LogP contribution in [0.1, 0.15) is 11.1 Å². The highest BCUT2D eigenvalue weighted by Crippen LogP contribution is 2.20. The summed E-state index contributed by atoms with van der Waals surface area (Å²) in [6, 6.07) is 5.96. The van der Waals surface area contributed by atoms with Gasteiger partial charge < -0.3 is 4.74 Å². The van der Waals surface area contributed by atoms with Crippen molar-refractivity contribution in [3.8, 4) is 0 Å². The Kier molecular flexibility index (Phi) is 4.44. The zero-order valence-corrected chi connectivity index (χ0v) is 9.67. The summed E-state index contributed by atoms with van der Waals surface area (Å²) in [5.74, 6) is 0. The maximum absolute atomic E-state index is 9.96. The lowest BCUT2D eigenvalue weighted by atomic mass is 10.1. The summed E-state index contributed by atoms with van der Waals surface area (Å²) < 4.78 is 4.53. The van der Waals surface area contributed by atoms with Crippen LogP contribution in [0.2, 0.25) is 0 Å². The van der Waals surface area contributed by atoms with Gasteiger partial charge in [-0.25, -0.2) is 5.01 Å². The van der Waals surface area contributed by atoms with Crippen molar-refractivity contribution in [2.75, 3.05) is 13.8 Å². The van der Waals surface area contributed by atoms with Crippen LogP contribution in [0.15, 0.2) is 28.5 Å². The zero-order chi connectivity index (χ0) is 12.0. The van der Waals surface area contributed by atoms with Gasteiger partial charge in [0.1, 0.15) is 0 Å². The monoisotopic (exact) mass is 221 g/mol. The molecule has 0 amide bonds. The number of hydrogen-bond acceptors (Lipinski definition) is 4. The first-order valence-electron chi connectivity index (χ1n) is 4.89. The van der Waals surface area contributed by atoms with E-state index < -0.39 is 0 Å². The summed E-state index contributed by atoms with van der Waals surface area (Å²) >= 11 is 0. The van der Waals surface area contributed by atoms with Gasteiger partial charge in [0.15, 0.2) is 6.73 Å². The quantitative estimate of drug-likeness (QED) is 0.332. The molecule has 1 aromatic rings. The van der Waals surface area contributed by atoms with Crippen LogP contribution in [0.4, 0.5) is 5.69 Å². The molecule has 0 aromatic heterocycles. The summed E-state index contributed by atoms with van der Waals surface area (Å²) in [7, 11) is 1.68. The van der Waals surface area contributed by atoms with E-state index in [0.717, 1.165) is 16.8 Å². The smallest absolute Gasteiger partial charge is 0.294 e. The molecule has 1 aromatic carbocycles. The number of hydrogen-bond donors (Lipinski definition) is 0. The third-order valence-corrected chi connectivity index (χ3v) is 2.00. The third-order valence-electron chi connectivity index (χ3n) is 2.00. The van der Waals surface area contributed by atoms with Crippen molar-refractivity contribution < 1.29 is 9.53 Å². The van der Waals surface area contributed by atoms with Gasteiger partial charge >= 0.3 is 0 Å². The van der Waals surface area contributed by atoms with Crippen molar-refractivity contribution in [1.29, 1.82) is 0 Å². The largest absolute Gasteiger partial charge is 0.445 e. The highest BCUT2D eigenvalue weighted by atomic mass is 16.5. The molecule has 1 rings (SSSR count). The van der Waals surface area contributed by atoms with Gasteiger partial charge in [-0.2, -0.15) is 0 Å². The Labute approximate surface area is 94.7 Å². The molecule has 0 atom stereocenters. The van der Waals surface area contributed by atoms with E-state index in [2.05, 4.69) is 15.1 Å². The second-order valence-electron chi connectivity index (χ2n) is 3.53. The average Bonchev–Trinajstić information content (AvgIpc) is 2.27. The van der Waals surface area contributed by atoms with Crippen LogP contribution in [0.5, 0.6) is 0 Å². The third kappa shape index (κ3) is 3.68. The normalized spacial score (nSPS) is 10.4. The van der Waals surface area contributed by atoms with Gasteiger partial charge in [-0.1, -0.05) is 17.4 Å². The van der Waals surface area contributed by atoms with Crippen molar-refractivity contribution in [3.63, 3.8) is 0 Å². The van der Waals surface area contributed by atoms with E-state index in [0.29, 0.717) is 6.47 Å². The SMILES string of the molecule is Cc1ccc(C)c(N=NN(C)COC=O)c1. The molecule has 0 N–H and O–H groups in total. The Morgan fingerprint density at radius 3 is 2.88 bits per heavy atom. The Bertz CT molecular complexity index is 391. The summed E-state index contributed by atoms with van der Waals surface area (Å²) in [6.45, 7) is 4.44. The van der Waals surface area contributed by atoms with Crippen LogP contribution in [-0.4, -0.2) is 25.3 Å². The van der Waals surface area contributed by atoms with Gasteiger partial charge in [-0.05, 0) is 31.0 Å². The van der Waals surface area contributed by atoms with Crippen LogP contribution in [0, 0.1) is 13.8 Å². The van der Waals surface area contributed by atoms with Crippen molar-refractivity contribution in [2.24, 2.45) is 10.3 Å². The number of carbonyl (C=O) groups excluding carboxylic acids is 1. The number of ether oxygens (including phenoxy) is 1. The number of benzene rings is 1. The molecule has 0 saturated carbocycles. The molecule has 5 heteroatoms. The van der Waals surface area contributed by atoms with Crippen molar-refractivity contribution in [2.45, 2.75) is 13.8 Å². The average molecular weight is 221 g/mol. The first-order valence-corrected chi connectivity index (χ1v) is 4.89. The molecule has 0 unspecified atom stereocenters. The number of nitrogens with zero attached hydrogens (tertiary/aromatic N) is 3. The van der Waals surface area contributed by atoms with Crippen LogP contribution in [0.3, 0.4) is 0 Å². The maximum atomic E-state index is 9.96. The Hall–Kier alpha value is -1.91. The Morgan fingerprint density at radius 2 is 2.19 bits per heavy atom. The molecule has 5 nitrogen and oxygen atoms in total. The van der Waals surface area contributed by atoms with Crippen molar-refractivity contribution >= 4 is 12.2 Å². The molecular formula is C11H15N3O2. The number of rotatable bonds is 5. The maximum Gasteiger partial charge on any atom is 0.294 e. The molecular weight excluding hydrogens is 206 g/mol. The lowest BCUT2D eigenvalue weighted by Crippen LogP contribution is -2.13. The molecule has 0 heterocycles. The van der Waals surface area contributed by atoms with E-state index in [1.165, 1.54) is 5.01 Å².